The van der Waals surface area contributed by atoms with Crippen molar-refractivity contribution >= 4 is 15.7 Å². The van der Waals surface area contributed by atoms with Gasteiger partial charge in [0.2, 0.25) is 10.0 Å². The van der Waals surface area contributed by atoms with E-state index >= 15 is 0 Å². The highest BCUT2D eigenvalue weighted by Gasteiger charge is 2.20. The predicted molar refractivity (Wildman–Crippen MR) is 95.4 cm³/mol. The number of para-hydroxylation sites is 1. The van der Waals surface area contributed by atoms with E-state index in [9.17, 15) is 18.5 Å². The van der Waals surface area contributed by atoms with Gasteiger partial charge >= 0.3 is 0 Å². The minimum Gasteiger partial charge on any atom is -0.258 e. The number of non-ortho nitro benzene ring substituents is 1. The smallest absolute Gasteiger partial charge is 0.258 e. The summed E-state index contributed by atoms with van der Waals surface area (Å²) in [6, 6.07) is 14.9. The van der Waals surface area contributed by atoms with E-state index in [4.69, 9.17) is 0 Å². The van der Waals surface area contributed by atoms with Crippen molar-refractivity contribution in [2.45, 2.75) is 18.4 Å². The molecule has 2 aromatic carbocycles. The van der Waals surface area contributed by atoms with Crippen molar-refractivity contribution in [2.75, 3.05) is 0 Å². The van der Waals surface area contributed by atoms with Gasteiger partial charge in [-0.3, -0.25) is 10.1 Å². The van der Waals surface area contributed by atoms with Crippen LogP contribution in [0.5, 0.6) is 0 Å². The fourth-order valence-electron chi connectivity index (χ4n) is 2.42. The fraction of sp³-hybridized carbons (Fsp3) is 0.118. The molecule has 0 amide bonds. The van der Waals surface area contributed by atoms with E-state index in [1.165, 1.54) is 12.1 Å². The Bertz CT molecular complexity index is 1050. The molecule has 0 fully saturated rings. The monoisotopic (exact) mass is 372 g/mol. The molecule has 0 aliphatic heterocycles. The molecule has 0 atom stereocenters. The summed E-state index contributed by atoms with van der Waals surface area (Å²) in [5.74, 6) is 0. The summed E-state index contributed by atoms with van der Waals surface area (Å²) in [4.78, 5) is 10.1. The molecule has 0 radical (unpaired) electrons. The average molecular weight is 372 g/mol. The van der Waals surface area contributed by atoms with E-state index in [1.807, 2.05) is 30.3 Å². The Morgan fingerprint density at radius 2 is 1.88 bits per heavy atom. The van der Waals surface area contributed by atoms with Crippen LogP contribution in [0, 0.1) is 17.0 Å². The molecule has 0 saturated carbocycles. The highest BCUT2D eigenvalue weighted by Crippen LogP contribution is 2.21. The second-order valence-electron chi connectivity index (χ2n) is 5.62. The molecule has 1 aromatic heterocycles. The molecule has 134 valence electrons. The van der Waals surface area contributed by atoms with Crippen molar-refractivity contribution in [3.63, 3.8) is 0 Å². The van der Waals surface area contributed by atoms with Gasteiger partial charge in [0.25, 0.3) is 5.69 Å². The Balaban J connectivity index is 1.78. The summed E-state index contributed by atoms with van der Waals surface area (Å²) in [6.07, 6.45) is 1.73. The summed E-state index contributed by atoms with van der Waals surface area (Å²) < 4.78 is 29.1. The maximum absolute atomic E-state index is 12.5. The lowest BCUT2D eigenvalue weighted by molar-refractivity contribution is -0.385. The van der Waals surface area contributed by atoms with Gasteiger partial charge in [0.1, 0.15) is 0 Å². The third-order valence-corrected chi connectivity index (χ3v) is 5.32. The summed E-state index contributed by atoms with van der Waals surface area (Å²) in [5.41, 5.74) is 1.54. The third kappa shape index (κ3) is 3.79. The number of hydrogen-bond donors (Lipinski definition) is 1. The van der Waals surface area contributed by atoms with E-state index in [0.717, 1.165) is 11.8 Å². The Morgan fingerprint density at radius 1 is 1.15 bits per heavy atom. The fourth-order valence-corrected chi connectivity index (χ4v) is 3.68. The van der Waals surface area contributed by atoms with Crippen LogP contribution in [0.25, 0.3) is 5.69 Å². The normalized spacial score (nSPS) is 11.4. The van der Waals surface area contributed by atoms with Crippen molar-refractivity contribution < 1.29 is 13.3 Å². The largest absolute Gasteiger partial charge is 0.270 e. The van der Waals surface area contributed by atoms with Crippen molar-refractivity contribution in [1.29, 1.82) is 0 Å². The van der Waals surface area contributed by atoms with Crippen molar-refractivity contribution in [3.05, 3.63) is 82.2 Å². The lowest BCUT2D eigenvalue weighted by Crippen LogP contribution is -2.24. The number of aryl methyl sites for hydroxylation is 1. The van der Waals surface area contributed by atoms with Crippen LogP contribution in [-0.2, 0) is 16.6 Å². The van der Waals surface area contributed by atoms with Crippen molar-refractivity contribution in [3.8, 4) is 5.69 Å². The first-order valence-corrected chi connectivity index (χ1v) is 9.20. The second-order valence-corrected chi connectivity index (χ2v) is 7.35. The van der Waals surface area contributed by atoms with E-state index < -0.39 is 14.9 Å². The molecule has 1 heterocycles. The van der Waals surface area contributed by atoms with Gasteiger partial charge in [0.05, 0.1) is 27.7 Å². The molecule has 0 spiro atoms. The predicted octanol–water partition coefficient (Wildman–Crippen LogP) is 2.57. The van der Waals surface area contributed by atoms with Crippen LogP contribution < -0.4 is 4.72 Å². The Hall–Kier alpha value is -3.04. The van der Waals surface area contributed by atoms with Gasteiger partial charge in [-0.05, 0) is 30.7 Å². The van der Waals surface area contributed by atoms with E-state index in [0.29, 0.717) is 11.3 Å². The molecule has 1 N–H and O–H groups in total. The summed E-state index contributed by atoms with van der Waals surface area (Å²) in [6.45, 7) is 1.56. The van der Waals surface area contributed by atoms with Crippen molar-refractivity contribution in [2.24, 2.45) is 0 Å². The summed E-state index contributed by atoms with van der Waals surface area (Å²) >= 11 is 0. The Morgan fingerprint density at radius 3 is 2.58 bits per heavy atom. The maximum atomic E-state index is 12.5. The number of nitrogens with one attached hydrogen (secondary N) is 1. The molecule has 3 rings (SSSR count). The van der Waals surface area contributed by atoms with E-state index in [2.05, 4.69) is 9.82 Å². The van der Waals surface area contributed by atoms with Crippen LogP contribution in [0.2, 0.25) is 0 Å². The van der Waals surface area contributed by atoms with Crippen LogP contribution in [0.3, 0.4) is 0 Å². The molecule has 0 unspecified atom stereocenters. The minimum absolute atomic E-state index is 0.0235. The molecule has 0 aliphatic carbocycles. The van der Waals surface area contributed by atoms with Gasteiger partial charge in [-0.1, -0.05) is 24.3 Å². The Labute approximate surface area is 150 Å². The molecule has 8 nitrogen and oxygen atoms in total. The first-order valence-electron chi connectivity index (χ1n) is 7.71. The topological polar surface area (TPSA) is 107 Å². The summed E-state index contributed by atoms with van der Waals surface area (Å²) in [7, 11) is -3.90. The zero-order valence-corrected chi connectivity index (χ0v) is 14.7. The zero-order valence-electron chi connectivity index (χ0n) is 13.9. The van der Waals surface area contributed by atoms with Gasteiger partial charge in [-0.2, -0.15) is 5.10 Å². The number of hydrogen-bond acceptors (Lipinski definition) is 5. The lowest BCUT2D eigenvalue weighted by atomic mass is 10.2. The molecule has 0 bridgehead atoms. The molecular weight excluding hydrogens is 356 g/mol. The van der Waals surface area contributed by atoms with Crippen LogP contribution >= 0.6 is 0 Å². The number of nitrogens with zero attached hydrogens (tertiary/aromatic N) is 3. The van der Waals surface area contributed by atoms with Gasteiger partial charge in [0.15, 0.2) is 0 Å². The molecule has 26 heavy (non-hydrogen) atoms. The van der Waals surface area contributed by atoms with Crippen LogP contribution in [0.15, 0.2) is 65.7 Å². The minimum atomic E-state index is -3.90. The van der Waals surface area contributed by atoms with Crippen LogP contribution in [0.4, 0.5) is 5.69 Å². The second kappa shape index (κ2) is 7.06. The van der Waals surface area contributed by atoms with Gasteiger partial charge < -0.3 is 0 Å². The highest BCUT2D eigenvalue weighted by molar-refractivity contribution is 7.89. The van der Waals surface area contributed by atoms with Gasteiger partial charge in [-0.15, -0.1) is 0 Å². The first-order chi connectivity index (χ1) is 12.4. The molecule has 0 aliphatic rings. The number of nitro benzene ring substituents is 1. The number of sulfonamides is 1. The van der Waals surface area contributed by atoms with E-state index in [1.54, 1.807) is 23.9 Å². The maximum Gasteiger partial charge on any atom is 0.270 e. The van der Waals surface area contributed by atoms with Gasteiger partial charge in [-0.25, -0.2) is 17.8 Å². The molecule has 3 aromatic rings. The number of aromatic nitrogens is 2. The quantitative estimate of drug-likeness (QED) is 0.528. The lowest BCUT2D eigenvalue weighted by Gasteiger charge is -2.08. The summed E-state index contributed by atoms with van der Waals surface area (Å²) in [5, 5.41) is 15.2. The van der Waals surface area contributed by atoms with Crippen molar-refractivity contribution in [1.82, 2.24) is 14.5 Å². The number of rotatable bonds is 6. The third-order valence-electron chi connectivity index (χ3n) is 3.78. The number of benzene rings is 2. The average Bonchev–Trinajstić information content (AvgIpc) is 3.10. The standard InChI is InChI=1S/C17H16N4O4S/c1-13-7-8-16(21(22)23)11-17(13)26(24,25)18-12-14-9-10-20(19-14)15-5-3-2-4-6-15/h2-11,18H,12H2,1H3. The molecule has 0 saturated heterocycles. The highest BCUT2D eigenvalue weighted by atomic mass is 32.2. The van der Waals surface area contributed by atoms with Gasteiger partial charge in [0, 0.05) is 18.3 Å². The molecule has 9 heteroatoms. The van der Waals surface area contributed by atoms with E-state index in [-0.39, 0.29) is 17.1 Å². The first kappa shape index (κ1) is 17.8. The zero-order chi connectivity index (χ0) is 18.7. The van der Waals surface area contributed by atoms with Crippen LogP contribution in [-0.4, -0.2) is 23.1 Å². The number of nitro groups is 1. The Kier molecular flexibility index (Phi) is 4.83. The van der Waals surface area contributed by atoms with Crippen LogP contribution in [0.1, 0.15) is 11.3 Å². The molecular formula is C17H16N4O4S. The SMILES string of the molecule is Cc1ccc([N+](=O)[O-])cc1S(=O)(=O)NCc1ccn(-c2ccccc2)n1.